The van der Waals surface area contributed by atoms with Crippen LogP contribution in [0, 0.1) is 0 Å². The summed E-state index contributed by atoms with van der Waals surface area (Å²) >= 11 is 0. The molecule has 0 aliphatic rings. The Labute approximate surface area is 119 Å². The fraction of sp³-hybridized carbons (Fsp3) is 0.333. The van der Waals surface area contributed by atoms with Crippen LogP contribution in [0.15, 0.2) is 36.7 Å². The van der Waals surface area contributed by atoms with E-state index in [9.17, 15) is 0 Å². The van der Waals surface area contributed by atoms with E-state index in [0.29, 0.717) is 19.0 Å². The first-order valence-corrected chi connectivity index (χ1v) is 6.82. The van der Waals surface area contributed by atoms with Crippen LogP contribution in [0.2, 0.25) is 0 Å². The molecule has 0 spiro atoms. The maximum atomic E-state index is 5.88. The second-order valence-electron chi connectivity index (χ2n) is 4.42. The van der Waals surface area contributed by atoms with Crippen molar-refractivity contribution in [2.45, 2.75) is 19.8 Å². The van der Waals surface area contributed by atoms with Crippen LogP contribution < -0.4 is 15.8 Å². The molecule has 0 amide bonds. The Kier molecular flexibility index (Phi) is 5.17. The Bertz CT molecular complexity index is 531. The number of nitrogens with zero attached hydrogens (tertiary/aromatic N) is 2. The molecule has 2 aromatic rings. The molecule has 1 aromatic carbocycles. The van der Waals surface area contributed by atoms with Crippen molar-refractivity contribution < 1.29 is 4.74 Å². The SMILES string of the molecule is CCCc1c(N)ncnc1NCCOc1ccccc1. The molecule has 0 saturated carbocycles. The lowest BCUT2D eigenvalue weighted by Gasteiger charge is -2.12. The largest absolute Gasteiger partial charge is 0.492 e. The Hall–Kier alpha value is -2.30. The van der Waals surface area contributed by atoms with Crippen molar-refractivity contribution in [1.82, 2.24) is 9.97 Å². The van der Waals surface area contributed by atoms with Crippen LogP contribution in [0.3, 0.4) is 0 Å². The molecule has 1 heterocycles. The summed E-state index contributed by atoms with van der Waals surface area (Å²) in [6.07, 6.45) is 3.36. The summed E-state index contributed by atoms with van der Waals surface area (Å²) < 4.78 is 5.62. The van der Waals surface area contributed by atoms with E-state index >= 15 is 0 Å². The fourth-order valence-corrected chi connectivity index (χ4v) is 1.93. The maximum absolute atomic E-state index is 5.88. The summed E-state index contributed by atoms with van der Waals surface area (Å²) in [6.45, 7) is 3.34. The van der Waals surface area contributed by atoms with Crippen molar-refractivity contribution in [3.05, 3.63) is 42.2 Å². The van der Waals surface area contributed by atoms with Crippen molar-refractivity contribution in [2.24, 2.45) is 0 Å². The van der Waals surface area contributed by atoms with Gasteiger partial charge in [0.2, 0.25) is 0 Å². The van der Waals surface area contributed by atoms with E-state index in [4.69, 9.17) is 10.5 Å². The van der Waals surface area contributed by atoms with E-state index in [1.54, 1.807) is 0 Å². The molecule has 0 aliphatic heterocycles. The third-order valence-corrected chi connectivity index (χ3v) is 2.89. The minimum Gasteiger partial charge on any atom is -0.492 e. The van der Waals surface area contributed by atoms with Gasteiger partial charge >= 0.3 is 0 Å². The molecular weight excluding hydrogens is 252 g/mol. The van der Waals surface area contributed by atoms with Crippen molar-refractivity contribution in [3.8, 4) is 5.75 Å². The van der Waals surface area contributed by atoms with Gasteiger partial charge in [-0.3, -0.25) is 0 Å². The first-order chi connectivity index (χ1) is 9.81. The van der Waals surface area contributed by atoms with Crippen LogP contribution in [0.1, 0.15) is 18.9 Å². The van der Waals surface area contributed by atoms with Gasteiger partial charge in [-0.25, -0.2) is 9.97 Å². The Balaban J connectivity index is 1.86. The number of benzene rings is 1. The van der Waals surface area contributed by atoms with Crippen LogP contribution in [-0.2, 0) is 6.42 Å². The highest BCUT2D eigenvalue weighted by atomic mass is 16.5. The summed E-state index contributed by atoms with van der Waals surface area (Å²) in [4.78, 5) is 8.27. The lowest BCUT2D eigenvalue weighted by atomic mass is 10.1. The second-order valence-corrected chi connectivity index (χ2v) is 4.42. The van der Waals surface area contributed by atoms with Crippen LogP contribution in [-0.4, -0.2) is 23.1 Å². The molecule has 0 atom stereocenters. The number of nitrogen functional groups attached to an aromatic ring is 1. The standard InChI is InChI=1S/C15H20N4O/c1-2-6-13-14(16)18-11-19-15(13)17-9-10-20-12-7-4-3-5-8-12/h3-5,7-8,11H,2,6,9-10H2,1H3,(H3,16,17,18,19). The molecule has 2 rings (SSSR count). The molecular formula is C15H20N4O. The zero-order chi connectivity index (χ0) is 14.2. The van der Waals surface area contributed by atoms with Crippen LogP contribution in [0.4, 0.5) is 11.6 Å². The smallest absolute Gasteiger partial charge is 0.134 e. The zero-order valence-electron chi connectivity index (χ0n) is 11.7. The van der Waals surface area contributed by atoms with Gasteiger partial charge in [-0.15, -0.1) is 0 Å². The van der Waals surface area contributed by atoms with E-state index in [-0.39, 0.29) is 0 Å². The highest BCUT2D eigenvalue weighted by Gasteiger charge is 2.07. The monoisotopic (exact) mass is 272 g/mol. The maximum Gasteiger partial charge on any atom is 0.134 e. The topological polar surface area (TPSA) is 73.1 Å². The first kappa shape index (κ1) is 14.1. The summed E-state index contributed by atoms with van der Waals surface area (Å²) in [5.41, 5.74) is 6.86. The molecule has 5 nitrogen and oxygen atoms in total. The van der Waals surface area contributed by atoms with Gasteiger partial charge in [0.1, 0.15) is 30.3 Å². The number of hydrogen-bond donors (Lipinski definition) is 2. The van der Waals surface area contributed by atoms with Gasteiger partial charge in [-0.05, 0) is 18.6 Å². The normalized spacial score (nSPS) is 10.2. The van der Waals surface area contributed by atoms with Crippen molar-refractivity contribution >= 4 is 11.6 Å². The average Bonchev–Trinajstić information content (AvgIpc) is 2.48. The molecule has 0 fully saturated rings. The summed E-state index contributed by atoms with van der Waals surface area (Å²) in [7, 11) is 0. The third-order valence-electron chi connectivity index (χ3n) is 2.89. The number of rotatable bonds is 7. The highest BCUT2D eigenvalue weighted by molar-refractivity contribution is 5.54. The van der Waals surface area contributed by atoms with Crippen molar-refractivity contribution in [2.75, 3.05) is 24.2 Å². The number of nitrogens with two attached hydrogens (primary N) is 1. The lowest BCUT2D eigenvalue weighted by molar-refractivity contribution is 0.332. The molecule has 3 N–H and O–H groups in total. The lowest BCUT2D eigenvalue weighted by Crippen LogP contribution is -2.15. The first-order valence-electron chi connectivity index (χ1n) is 6.82. The predicted molar refractivity (Wildman–Crippen MR) is 80.9 cm³/mol. The van der Waals surface area contributed by atoms with E-state index in [2.05, 4.69) is 22.2 Å². The summed E-state index contributed by atoms with van der Waals surface area (Å²) in [5, 5.41) is 3.25. The van der Waals surface area contributed by atoms with Crippen LogP contribution in [0.25, 0.3) is 0 Å². The van der Waals surface area contributed by atoms with E-state index in [1.807, 2.05) is 30.3 Å². The molecule has 5 heteroatoms. The van der Waals surface area contributed by atoms with E-state index < -0.39 is 0 Å². The van der Waals surface area contributed by atoms with Gasteiger partial charge in [0.15, 0.2) is 0 Å². The molecule has 0 bridgehead atoms. The Morgan fingerprint density at radius 1 is 1.20 bits per heavy atom. The molecule has 0 aliphatic carbocycles. The third kappa shape index (κ3) is 3.85. The molecule has 0 saturated heterocycles. The number of para-hydroxylation sites is 1. The Morgan fingerprint density at radius 2 is 2.00 bits per heavy atom. The minimum atomic E-state index is 0.549. The number of hydrogen-bond acceptors (Lipinski definition) is 5. The summed E-state index contributed by atoms with van der Waals surface area (Å²) in [6, 6.07) is 9.74. The van der Waals surface area contributed by atoms with Gasteiger partial charge in [0.05, 0.1) is 6.54 Å². The number of nitrogens with one attached hydrogen (secondary N) is 1. The number of ether oxygens (including phenoxy) is 1. The average molecular weight is 272 g/mol. The Morgan fingerprint density at radius 3 is 2.75 bits per heavy atom. The van der Waals surface area contributed by atoms with Gasteiger partial charge in [0, 0.05) is 5.56 Å². The van der Waals surface area contributed by atoms with Crippen LogP contribution >= 0.6 is 0 Å². The molecule has 0 radical (unpaired) electrons. The fourth-order valence-electron chi connectivity index (χ4n) is 1.93. The van der Waals surface area contributed by atoms with Crippen LogP contribution in [0.5, 0.6) is 5.75 Å². The molecule has 1 aromatic heterocycles. The van der Waals surface area contributed by atoms with Gasteiger partial charge in [0.25, 0.3) is 0 Å². The summed E-state index contributed by atoms with van der Waals surface area (Å²) in [5.74, 6) is 2.22. The highest BCUT2D eigenvalue weighted by Crippen LogP contribution is 2.18. The molecule has 106 valence electrons. The van der Waals surface area contributed by atoms with Gasteiger partial charge in [-0.2, -0.15) is 0 Å². The van der Waals surface area contributed by atoms with Gasteiger partial charge in [-0.1, -0.05) is 31.5 Å². The second kappa shape index (κ2) is 7.33. The van der Waals surface area contributed by atoms with E-state index in [0.717, 1.165) is 30.0 Å². The van der Waals surface area contributed by atoms with E-state index in [1.165, 1.54) is 6.33 Å². The zero-order valence-corrected chi connectivity index (χ0v) is 11.7. The molecule has 20 heavy (non-hydrogen) atoms. The quantitative estimate of drug-likeness (QED) is 0.758. The van der Waals surface area contributed by atoms with Gasteiger partial charge < -0.3 is 15.8 Å². The van der Waals surface area contributed by atoms with Crippen molar-refractivity contribution in [1.29, 1.82) is 0 Å². The predicted octanol–water partition coefficient (Wildman–Crippen LogP) is 2.50. The minimum absolute atomic E-state index is 0.549. The number of aromatic nitrogens is 2. The number of anilines is 2. The van der Waals surface area contributed by atoms with Crippen molar-refractivity contribution in [3.63, 3.8) is 0 Å². The molecule has 0 unspecified atom stereocenters.